The van der Waals surface area contributed by atoms with Crippen LogP contribution in [0, 0.1) is 0 Å². The largest absolute Gasteiger partial charge is 0.373 e. The summed E-state index contributed by atoms with van der Waals surface area (Å²) < 4.78 is 11.1. The average Bonchev–Trinajstić information content (AvgIpc) is 2.72. The predicted octanol–water partition coefficient (Wildman–Crippen LogP) is 1.25. The monoisotopic (exact) mass is 213 g/mol. The molecule has 3 nitrogen and oxygen atoms in total. The molecule has 1 aromatic heterocycles. The van der Waals surface area contributed by atoms with Crippen molar-refractivity contribution in [2.24, 2.45) is 0 Å². The Morgan fingerprint density at radius 2 is 2.64 bits per heavy atom. The zero-order valence-electron chi connectivity index (χ0n) is 8.07. The Morgan fingerprint density at radius 3 is 3.36 bits per heavy atom. The Balaban J connectivity index is 1.62. The van der Waals surface area contributed by atoms with Gasteiger partial charge in [-0.3, -0.25) is 0 Å². The van der Waals surface area contributed by atoms with Crippen LogP contribution in [0.4, 0.5) is 0 Å². The minimum Gasteiger partial charge on any atom is -0.373 e. The second-order valence-corrected chi connectivity index (χ2v) is 4.32. The van der Waals surface area contributed by atoms with Crippen molar-refractivity contribution in [3.8, 4) is 0 Å². The molecule has 0 radical (unpaired) electrons. The molecule has 0 aromatic carbocycles. The standard InChI is InChI=1S/C10H15NO2S/c1-2-10(14-5-1)8-12-7-9-6-11-3-4-13-9/h1-2,5,9,11H,3-4,6-8H2. The molecule has 0 bridgehead atoms. The van der Waals surface area contributed by atoms with E-state index in [1.165, 1.54) is 4.88 Å². The first-order chi connectivity index (χ1) is 6.95. The Kier molecular flexibility index (Phi) is 3.94. The number of hydrogen-bond acceptors (Lipinski definition) is 4. The van der Waals surface area contributed by atoms with Gasteiger partial charge in [-0.2, -0.15) is 0 Å². The zero-order valence-corrected chi connectivity index (χ0v) is 8.89. The predicted molar refractivity (Wildman–Crippen MR) is 56.6 cm³/mol. The molecule has 0 amide bonds. The second kappa shape index (κ2) is 5.46. The van der Waals surface area contributed by atoms with E-state index in [9.17, 15) is 0 Å². The summed E-state index contributed by atoms with van der Waals surface area (Å²) in [5.74, 6) is 0. The number of rotatable bonds is 4. The summed E-state index contributed by atoms with van der Waals surface area (Å²) in [5.41, 5.74) is 0. The van der Waals surface area contributed by atoms with Gasteiger partial charge in [0.2, 0.25) is 0 Å². The molecule has 1 aliphatic heterocycles. The molecule has 1 unspecified atom stereocenters. The quantitative estimate of drug-likeness (QED) is 0.816. The van der Waals surface area contributed by atoms with Crippen molar-refractivity contribution in [1.29, 1.82) is 0 Å². The Morgan fingerprint density at radius 1 is 1.64 bits per heavy atom. The van der Waals surface area contributed by atoms with Gasteiger partial charge in [0.25, 0.3) is 0 Å². The summed E-state index contributed by atoms with van der Waals surface area (Å²) in [4.78, 5) is 1.27. The van der Waals surface area contributed by atoms with Crippen LogP contribution in [0.1, 0.15) is 4.88 Å². The van der Waals surface area contributed by atoms with Crippen LogP contribution >= 0.6 is 11.3 Å². The molecule has 1 fully saturated rings. The van der Waals surface area contributed by atoms with Gasteiger partial charge in [-0.05, 0) is 11.4 Å². The number of nitrogens with one attached hydrogen (secondary N) is 1. The van der Waals surface area contributed by atoms with Crippen molar-refractivity contribution in [1.82, 2.24) is 5.32 Å². The van der Waals surface area contributed by atoms with E-state index in [4.69, 9.17) is 9.47 Å². The number of ether oxygens (including phenoxy) is 2. The molecule has 0 aliphatic carbocycles. The molecular formula is C10H15NO2S. The Bertz CT molecular complexity index is 245. The molecule has 78 valence electrons. The minimum absolute atomic E-state index is 0.226. The van der Waals surface area contributed by atoms with E-state index in [0.29, 0.717) is 13.2 Å². The van der Waals surface area contributed by atoms with Gasteiger partial charge in [0.15, 0.2) is 0 Å². The Labute approximate surface area is 88.0 Å². The molecule has 2 rings (SSSR count). The second-order valence-electron chi connectivity index (χ2n) is 3.29. The maximum absolute atomic E-state index is 5.56. The fourth-order valence-corrected chi connectivity index (χ4v) is 2.05. The van der Waals surface area contributed by atoms with Crippen molar-refractivity contribution in [2.45, 2.75) is 12.7 Å². The lowest BCUT2D eigenvalue weighted by molar-refractivity contribution is -0.0352. The van der Waals surface area contributed by atoms with Crippen LogP contribution in [-0.2, 0) is 16.1 Å². The molecule has 4 heteroatoms. The number of thiophene rings is 1. The van der Waals surface area contributed by atoms with Crippen molar-refractivity contribution < 1.29 is 9.47 Å². The lowest BCUT2D eigenvalue weighted by Crippen LogP contribution is -2.40. The summed E-state index contributed by atoms with van der Waals surface area (Å²) in [6.45, 7) is 4.06. The summed E-state index contributed by atoms with van der Waals surface area (Å²) >= 11 is 1.73. The van der Waals surface area contributed by atoms with E-state index in [0.717, 1.165) is 19.7 Å². The third-order valence-electron chi connectivity index (χ3n) is 2.13. The highest BCUT2D eigenvalue weighted by atomic mass is 32.1. The molecule has 1 atom stereocenters. The summed E-state index contributed by atoms with van der Waals surface area (Å²) in [6.07, 6.45) is 0.226. The molecular weight excluding hydrogens is 198 g/mol. The van der Waals surface area contributed by atoms with Gasteiger partial charge < -0.3 is 14.8 Å². The van der Waals surface area contributed by atoms with Gasteiger partial charge in [-0.1, -0.05) is 6.07 Å². The zero-order chi connectivity index (χ0) is 9.64. The van der Waals surface area contributed by atoms with Gasteiger partial charge >= 0.3 is 0 Å². The fraction of sp³-hybridized carbons (Fsp3) is 0.600. The van der Waals surface area contributed by atoms with Crippen LogP contribution in [0.3, 0.4) is 0 Å². The molecule has 2 heterocycles. The van der Waals surface area contributed by atoms with Gasteiger partial charge in [0.1, 0.15) is 0 Å². The first-order valence-electron chi connectivity index (χ1n) is 4.87. The van der Waals surface area contributed by atoms with Gasteiger partial charge in [-0.25, -0.2) is 0 Å². The summed E-state index contributed by atoms with van der Waals surface area (Å²) in [5, 5.41) is 5.34. The van der Waals surface area contributed by atoms with Crippen LogP contribution in [0.2, 0.25) is 0 Å². The van der Waals surface area contributed by atoms with Gasteiger partial charge in [0.05, 0.1) is 25.9 Å². The molecule has 0 spiro atoms. The van der Waals surface area contributed by atoms with Crippen LogP contribution < -0.4 is 5.32 Å². The Hall–Kier alpha value is -0.420. The van der Waals surface area contributed by atoms with Crippen LogP contribution in [0.15, 0.2) is 17.5 Å². The normalized spacial score (nSPS) is 22.4. The minimum atomic E-state index is 0.226. The van der Waals surface area contributed by atoms with Crippen molar-refractivity contribution in [3.63, 3.8) is 0 Å². The third kappa shape index (κ3) is 3.06. The van der Waals surface area contributed by atoms with Gasteiger partial charge in [0, 0.05) is 18.0 Å². The number of morpholine rings is 1. The van der Waals surface area contributed by atoms with Gasteiger partial charge in [-0.15, -0.1) is 11.3 Å². The highest BCUT2D eigenvalue weighted by Crippen LogP contribution is 2.10. The third-order valence-corrected chi connectivity index (χ3v) is 2.98. The van der Waals surface area contributed by atoms with Crippen LogP contribution in [-0.4, -0.2) is 32.4 Å². The summed E-state index contributed by atoms with van der Waals surface area (Å²) in [7, 11) is 0. The fourth-order valence-electron chi connectivity index (χ4n) is 1.41. The lowest BCUT2D eigenvalue weighted by atomic mass is 10.3. The highest BCUT2D eigenvalue weighted by Gasteiger charge is 2.12. The van der Waals surface area contributed by atoms with E-state index in [2.05, 4.69) is 16.8 Å². The molecule has 14 heavy (non-hydrogen) atoms. The van der Waals surface area contributed by atoms with Crippen LogP contribution in [0.5, 0.6) is 0 Å². The first-order valence-corrected chi connectivity index (χ1v) is 5.75. The van der Waals surface area contributed by atoms with E-state index in [-0.39, 0.29) is 6.10 Å². The molecule has 1 aromatic rings. The molecule has 0 saturated carbocycles. The molecule has 1 saturated heterocycles. The molecule has 1 aliphatic rings. The average molecular weight is 213 g/mol. The number of hydrogen-bond donors (Lipinski definition) is 1. The lowest BCUT2D eigenvalue weighted by Gasteiger charge is -2.23. The molecule has 1 N–H and O–H groups in total. The maximum Gasteiger partial charge on any atom is 0.0933 e. The van der Waals surface area contributed by atoms with E-state index in [1.807, 2.05) is 6.07 Å². The first kappa shape index (κ1) is 10.1. The van der Waals surface area contributed by atoms with E-state index < -0.39 is 0 Å². The highest BCUT2D eigenvalue weighted by molar-refractivity contribution is 7.09. The smallest absolute Gasteiger partial charge is 0.0933 e. The topological polar surface area (TPSA) is 30.5 Å². The van der Waals surface area contributed by atoms with Crippen LogP contribution in [0.25, 0.3) is 0 Å². The van der Waals surface area contributed by atoms with Crippen molar-refractivity contribution in [3.05, 3.63) is 22.4 Å². The van der Waals surface area contributed by atoms with E-state index in [1.54, 1.807) is 11.3 Å². The summed E-state index contributed by atoms with van der Waals surface area (Å²) in [6, 6.07) is 4.13. The SMILES string of the molecule is c1csc(COCC2CNCCO2)c1. The van der Waals surface area contributed by atoms with E-state index >= 15 is 0 Å². The maximum atomic E-state index is 5.56. The van der Waals surface area contributed by atoms with Crippen molar-refractivity contribution >= 4 is 11.3 Å². The van der Waals surface area contributed by atoms with Crippen molar-refractivity contribution in [2.75, 3.05) is 26.3 Å².